The van der Waals surface area contributed by atoms with Crippen LogP contribution < -0.4 is 4.57 Å². The number of hydrogen-bond donors (Lipinski definition) is 0. The van der Waals surface area contributed by atoms with E-state index >= 15 is 0 Å². The zero-order valence-corrected chi connectivity index (χ0v) is 8.60. The maximum atomic E-state index is 4.77. The summed E-state index contributed by atoms with van der Waals surface area (Å²) in [6, 6.07) is 0. The maximum Gasteiger partial charge on any atom is 0.224 e. The minimum Gasteiger partial charge on any atom is -0.308 e. The second-order valence-electron chi connectivity index (χ2n) is 2.28. The van der Waals surface area contributed by atoms with Gasteiger partial charge >= 0.3 is 0 Å². The van der Waals surface area contributed by atoms with Crippen molar-refractivity contribution in [3.05, 3.63) is 17.1 Å². The quantitative estimate of drug-likeness (QED) is 0.565. The van der Waals surface area contributed by atoms with Crippen LogP contribution in [0.25, 0.3) is 0 Å². The van der Waals surface area contributed by atoms with E-state index in [4.69, 9.17) is 3.83 Å². The van der Waals surface area contributed by atoms with Crippen molar-refractivity contribution in [2.75, 3.05) is 6.61 Å². The van der Waals surface area contributed by atoms with Gasteiger partial charge in [-0.2, -0.15) is 4.57 Å². The number of aryl methyl sites for hydroxylation is 1. The lowest BCUT2D eigenvalue weighted by Crippen LogP contribution is -2.29. The topological polar surface area (TPSA) is 13.1 Å². The van der Waals surface area contributed by atoms with Crippen LogP contribution in [-0.2, 0) is 10.4 Å². The van der Waals surface area contributed by atoms with Crippen LogP contribution in [0.3, 0.4) is 0 Å². The zero-order chi connectivity index (χ0) is 7.94. The first-order valence-corrected chi connectivity index (χ1v) is 5.17. The van der Waals surface area contributed by atoms with Crippen LogP contribution >= 0.6 is 27.6 Å². The van der Waals surface area contributed by atoms with Gasteiger partial charge in [0.05, 0.1) is 28.2 Å². The van der Waals surface area contributed by atoms with Crippen molar-refractivity contribution in [3.63, 3.8) is 0 Å². The third kappa shape index (κ3) is 3.84. The Hall–Kier alpha value is 0.0700. The van der Waals surface area contributed by atoms with Crippen LogP contribution in [0.15, 0.2) is 17.1 Å². The largest absolute Gasteiger partial charge is 0.308 e. The van der Waals surface area contributed by atoms with Gasteiger partial charge in [0.1, 0.15) is 6.54 Å². The number of unbranched alkanes of at least 4 members (excludes halogenated alkanes) is 1. The molecule has 2 nitrogen and oxygen atoms in total. The number of hydrogen-bond acceptors (Lipinski definition) is 2. The van der Waals surface area contributed by atoms with E-state index < -0.39 is 0 Å². The highest BCUT2D eigenvalue weighted by atomic mass is 79.9. The lowest BCUT2D eigenvalue weighted by Gasteiger charge is -1.92. The van der Waals surface area contributed by atoms with Gasteiger partial charge in [-0.05, 0) is 6.42 Å². The number of nitrogens with zero attached hydrogens (tertiary/aromatic N) is 1. The average molecular weight is 237 g/mol. The molecule has 0 bridgehead atoms. The molecule has 1 heterocycles. The average Bonchev–Trinajstić information content (AvgIpc) is 2.50. The lowest BCUT2D eigenvalue weighted by molar-refractivity contribution is -0.692. The molecule has 1 aromatic rings. The van der Waals surface area contributed by atoms with Crippen molar-refractivity contribution in [3.8, 4) is 0 Å². The molecular weight excluding hydrogens is 226 g/mol. The molecule has 0 amide bonds. The van der Waals surface area contributed by atoms with Crippen molar-refractivity contribution >= 4 is 27.6 Å². The van der Waals surface area contributed by atoms with Crippen molar-refractivity contribution in [1.82, 2.24) is 0 Å². The summed E-state index contributed by atoms with van der Waals surface area (Å²) < 4.78 is 6.96. The van der Waals surface area contributed by atoms with Gasteiger partial charge < -0.3 is 3.83 Å². The van der Waals surface area contributed by atoms with Crippen LogP contribution in [0, 0.1) is 0 Å². The zero-order valence-electron chi connectivity index (χ0n) is 6.20. The molecule has 0 radical (unpaired) electrons. The summed E-state index contributed by atoms with van der Waals surface area (Å²) in [7, 11) is 0. The normalized spacial score (nSPS) is 10.3. The Balaban J connectivity index is 2.04. The first kappa shape index (κ1) is 9.16. The van der Waals surface area contributed by atoms with Crippen LogP contribution in [0.2, 0.25) is 0 Å². The number of halogens is 1. The molecule has 0 saturated heterocycles. The van der Waals surface area contributed by atoms with Crippen LogP contribution in [-0.4, -0.2) is 6.61 Å². The number of thiazole rings is 1. The van der Waals surface area contributed by atoms with Gasteiger partial charge in [-0.1, -0.05) is 11.3 Å². The van der Waals surface area contributed by atoms with E-state index in [2.05, 4.69) is 37.9 Å². The molecule has 0 fully saturated rings. The molecule has 4 heteroatoms. The predicted molar refractivity (Wildman–Crippen MR) is 48.6 cm³/mol. The standard InChI is InChI=1S/C7H11BrNOS/c8-10-5-2-1-3-9-4-6-11-7-9/h4,6-7H,1-3,5H2/q+1. The molecule has 0 aliphatic carbocycles. The van der Waals surface area contributed by atoms with E-state index in [0.717, 1.165) is 19.6 Å². The van der Waals surface area contributed by atoms with E-state index in [1.54, 1.807) is 11.3 Å². The van der Waals surface area contributed by atoms with Crippen LogP contribution in [0.5, 0.6) is 0 Å². The summed E-state index contributed by atoms with van der Waals surface area (Å²) in [5.41, 5.74) is 2.12. The highest BCUT2D eigenvalue weighted by Gasteiger charge is 1.98. The van der Waals surface area contributed by atoms with Gasteiger partial charge in [0.25, 0.3) is 0 Å². The molecule has 0 aromatic carbocycles. The van der Waals surface area contributed by atoms with Gasteiger partial charge in [-0.25, -0.2) is 0 Å². The van der Waals surface area contributed by atoms with E-state index in [1.165, 1.54) is 6.42 Å². The van der Waals surface area contributed by atoms with Gasteiger partial charge in [0.15, 0.2) is 6.20 Å². The molecule has 0 aliphatic rings. The van der Waals surface area contributed by atoms with Crippen molar-refractivity contribution in [1.29, 1.82) is 0 Å². The molecule has 0 aliphatic heterocycles. The Bertz CT molecular complexity index is 179. The second kappa shape index (κ2) is 5.69. The van der Waals surface area contributed by atoms with Crippen molar-refractivity contribution in [2.45, 2.75) is 19.4 Å². The SMILES string of the molecule is BrOCCCC[n+]1ccsc1. The monoisotopic (exact) mass is 236 g/mol. The molecule has 0 N–H and O–H groups in total. The molecule has 62 valence electrons. The molecular formula is C7H11BrNOS+. The lowest BCUT2D eigenvalue weighted by atomic mass is 10.3. The van der Waals surface area contributed by atoms with Crippen molar-refractivity contribution in [2.24, 2.45) is 0 Å². The van der Waals surface area contributed by atoms with Gasteiger partial charge in [0.2, 0.25) is 5.51 Å². The molecule has 11 heavy (non-hydrogen) atoms. The summed E-state index contributed by atoms with van der Waals surface area (Å²) in [6.07, 6.45) is 4.38. The highest BCUT2D eigenvalue weighted by Crippen LogP contribution is 1.94. The third-order valence-electron chi connectivity index (χ3n) is 1.41. The Morgan fingerprint density at radius 1 is 1.45 bits per heavy atom. The van der Waals surface area contributed by atoms with Gasteiger partial charge in [0, 0.05) is 6.42 Å². The molecule has 1 rings (SSSR count). The molecule has 0 atom stereocenters. The fourth-order valence-corrected chi connectivity index (χ4v) is 1.70. The Morgan fingerprint density at radius 2 is 2.36 bits per heavy atom. The second-order valence-corrected chi connectivity index (χ2v) is 3.50. The predicted octanol–water partition coefficient (Wildman–Crippen LogP) is 2.14. The summed E-state index contributed by atoms with van der Waals surface area (Å²) >= 11 is 4.65. The first-order chi connectivity index (χ1) is 5.43. The van der Waals surface area contributed by atoms with E-state index in [0.29, 0.717) is 0 Å². The minimum atomic E-state index is 0.796. The minimum absolute atomic E-state index is 0.796. The van der Waals surface area contributed by atoms with Gasteiger partial charge in [-0.3, -0.25) is 0 Å². The van der Waals surface area contributed by atoms with Gasteiger partial charge in [-0.15, -0.1) is 0 Å². The molecule has 1 aromatic heterocycles. The fourth-order valence-electron chi connectivity index (χ4n) is 0.840. The molecule has 0 unspecified atom stereocenters. The maximum absolute atomic E-state index is 4.77. The summed E-state index contributed by atoms with van der Waals surface area (Å²) in [6.45, 7) is 1.89. The summed E-state index contributed by atoms with van der Waals surface area (Å²) in [5, 5.41) is 2.08. The van der Waals surface area contributed by atoms with E-state index in [9.17, 15) is 0 Å². The smallest absolute Gasteiger partial charge is 0.224 e. The summed E-state index contributed by atoms with van der Waals surface area (Å²) in [4.78, 5) is 0. The van der Waals surface area contributed by atoms with E-state index in [1.807, 2.05) is 0 Å². The Morgan fingerprint density at radius 3 is 3.00 bits per heavy atom. The van der Waals surface area contributed by atoms with Crippen LogP contribution in [0.4, 0.5) is 0 Å². The summed E-state index contributed by atoms with van der Waals surface area (Å²) in [5.74, 6) is 0. The van der Waals surface area contributed by atoms with Crippen molar-refractivity contribution < 1.29 is 8.40 Å². The number of rotatable bonds is 5. The highest BCUT2D eigenvalue weighted by molar-refractivity contribution is 9.06. The molecule has 0 spiro atoms. The third-order valence-corrected chi connectivity index (χ3v) is 2.41. The first-order valence-electron chi connectivity index (χ1n) is 3.58. The van der Waals surface area contributed by atoms with Crippen LogP contribution in [0.1, 0.15) is 12.8 Å². The van der Waals surface area contributed by atoms with E-state index in [-0.39, 0.29) is 0 Å². The molecule has 0 saturated carbocycles. The fraction of sp³-hybridized carbons (Fsp3) is 0.571. The Kier molecular flexibility index (Phi) is 4.74. The Labute approximate surface area is 79.3 Å². The number of aromatic nitrogens is 1.